The van der Waals surface area contributed by atoms with E-state index in [2.05, 4.69) is 77.7 Å². The molecule has 1 heteroatoms. The van der Waals surface area contributed by atoms with E-state index in [1.165, 1.54) is 37.0 Å². The summed E-state index contributed by atoms with van der Waals surface area (Å²) >= 11 is 0. The SMILES string of the molecule is C/C=C/C=C(\C=C(/C)CCCN(C(C)C)C(C)CC)CC. The van der Waals surface area contributed by atoms with Gasteiger partial charge in [-0.1, -0.05) is 43.7 Å². The molecule has 1 unspecified atom stereocenters. The smallest absolute Gasteiger partial charge is 0.00670 e. The maximum absolute atomic E-state index is 2.63. The van der Waals surface area contributed by atoms with Crippen LogP contribution in [-0.4, -0.2) is 23.5 Å². The molecule has 0 rings (SSSR count). The molecule has 0 aromatic carbocycles. The van der Waals surface area contributed by atoms with E-state index < -0.39 is 0 Å². The van der Waals surface area contributed by atoms with Gasteiger partial charge in [-0.2, -0.15) is 0 Å². The van der Waals surface area contributed by atoms with Crippen molar-refractivity contribution in [2.75, 3.05) is 6.54 Å². The van der Waals surface area contributed by atoms with E-state index in [-0.39, 0.29) is 0 Å². The van der Waals surface area contributed by atoms with Crippen LogP contribution in [0.4, 0.5) is 0 Å². The molecule has 0 aliphatic heterocycles. The van der Waals surface area contributed by atoms with Crippen molar-refractivity contribution in [3.8, 4) is 0 Å². The molecule has 122 valence electrons. The molecule has 0 bridgehead atoms. The lowest BCUT2D eigenvalue weighted by Crippen LogP contribution is -2.39. The number of rotatable bonds is 10. The van der Waals surface area contributed by atoms with Crippen LogP contribution < -0.4 is 0 Å². The van der Waals surface area contributed by atoms with Gasteiger partial charge in [-0.3, -0.25) is 4.90 Å². The number of nitrogens with zero attached hydrogens (tertiary/aromatic N) is 1. The molecule has 0 aromatic heterocycles. The van der Waals surface area contributed by atoms with E-state index >= 15 is 0 Å². The number of allylic oxidation sites excluding steroid dienone is 6. The van der Waals surface area contributed by atoms with Crippen LogP contribution in [0, 0.1) is 0 Å². The Balaban J connectivity index is 4.43. The topological polar surface area (TPSA) is 3.24 Å². The molecule has 0 aromatic rings. The van der Waals surface area contributed by atoms with E-state index in [0.29, 0.717) is 12.1 Å². The summed E-state index contributed by atoms with van der Waals surface area (Å²) in [6.07, 6.45) is 13.6. The van der Waals surface area contributed by atoms with Gasteiger partial charge in [0.25, 0.3) is 0 Å². The predicted molar refractivity (Wildman–Crippen MR) is 97.8 cm³/mol. The van der Waals surface area contributed by atoms with Crippen molar-refractivity contribution in [3.05, 3.63) is 35.5 Å². The minimum atomic E-state index is 0.644. The largest absolute Gasteiger partial charge is 0.298 e. The number of hydrogen-bond acceptors (Lipinski definition) is 1. The van der Waals surface area contributed by atoms with Gasteiger partial charge >= 0.3 is 0 Å². The molecule has 0 amide bonds. The van der Waals surface area contributed by atoms with Crippen molar-refractivity contribution in [2.45, 2.75) is 86.2 Å². The van der Waals surface area contributed by atoms with Crippen LogP contribution in [0.5, 0.6) is 0 Å². The minimum Gasteiger partial charge on any atom is -0.298 e. The molecule has 0 saturated carbocycles. The van der Waals surface area contributed by atoms with Crippen LogP contribution in [0.15, 0.2) is 35.5 Å². The third-order valence-electron chi connectivity index (χ3n) is 4.15. The quantitative estimate of drug-likeness (QED) is 0.437. The molecular weight excluding hydrogens is 254 g/mol. The van der Waals surface area contributed by atoms with Gasteiger partial charge < -0.3 is 0 Å². The first-order valence-corrected chi connectivity index (χ1v) is 8.70. The fourth-order valence-electron chi connectivity index (χ4n) is 2.64. The highest BCUT2D eigenvalue weighted by Crippen LogP contribution is 2.14. The van der Waals surface area contributed by atoms with Gasteiger partial charge in [-0.05, 0) is 72.4 Å². The average Bonchev–Trinajstić information content (AvgIpc) is 2.46. The fourth-order valence-corrected chi connectivity index (χ4v) is 2.64. The van der Waals surface area contributed by atoms with Gasteiger partial charge in [0.15, 0.2) is 0 Å². The lowest BCUT2D eigenvalue weighted by molar-refractivity contribution is 0.158. The highest BCUT2D eigenvalue weighted by Gasteiger charge is 2.14. The Kier molecular flexibility index (Phi) is 11.3. The summed E-state index contributed by atoms with van der Waals surface area (Å²) in [4.78, 5) is 2.63. The molecule has 0 spiro atoms. The van der Waals surface area contributed by atoms with Gasteiger partial charge in [0, 0.05) is 12.1 Å². The normalized spacial score (nSPS) is 15.5. The van der Waals surface area contributed by atoms with Gasteiger partial charge in [-0.25, -0.2) is 0 Å². The molecule has 0 fully saturated rings. The highest BCUT2D eigenvalue weighted by molar-refractivity contribution is 5.26. The monoisotopic (exact) mass is 291 g/mol. The zero-order chi connectivity index (χ0) is 16.3. The van der Waals surface area contributed by atoms with Crippen LogP contribution >= 0.6 is 0 Å². The van der Waals surface area contributed by atoms with Gasteiger partial charge in [0.2, 0.25) is 0 Å². The molecule has 1 atom stereocenters. The average molecular weight is 292 g/mol. The summed E-state index contributed by atoms with van der Waals surface area (Å²) in [5.74, 6) is 0. The van der Waals surface area contributed by atoms with Gasteiger partial charge in [0.1, 0.15) is 0 Å². The summed E-state index contributed by atoms with van der Waals surface area (Å²) < 4.78 is 0. The van der Waals surface area contributed by atoms with Crippen molar-refractivity contribution in [1.29, 1.82) is 0 Å². The Morgan fingerprint density at radius 3 is 2.29 bits per heavy atom. The van der Waals surface area contributed by atoms with Crippen LogP contribution in [0.1, 0.15) is 74.1 Å². The molecule has 0 aliphatic rings. The third kappa shape index (κ3) is 8.93. The Hall–Kier alpha value is -0.820. The highest BCUT2D eigenvalue weighted by atomic mass is 15.2. The first-order valence-electron chi connectivity index (χ1n) is 8.70. The molecule has 21 heavy (non-hydrogen) atoms. The second kappa shape index (κ2) is 11.8. The van der Waals surface area contributed by atoms with Crippen LogP contribution in [0.25, 0.3) is 0 Å². The standard InChI is InChI=1S/C20H37N/c1-8-11-14-20(10-3)16-18(6)13-12-15-21(17(4)5)19(7)9-2/h8,11,14,16-17,19H,9-10,12-13,15H2,1-7H3/b11-8+,18-16+,20-14-. The first-order chi connectivity index (χ1) is 9.96. The molecule has 0 N–H and O–H groups in total. The van der Waals surface area contributed by atoms with E-state index in [1.807, 2.05) is 0 Å². The van der Waals surface area contributed by atoms with Crippen LogP contribution in [-0.2, 0) is 0 Å². The van der Waals surface area contributed by atoms with Crippen molar-refractivity contribution in [3.63, 3.8) is 0 Å². The molecule has 0 heterocycles. The molecule has 0 saturated heterocycles. The van der Waals surface area contributed by atoms with E-state index in [1.54, 1.807) is 0 Å². The zero-order valence-electron chi connectivity index (χ0n) is 15.4. The number of hydrogen-bond donors (Lipinski definition) is 0. The predicted octanol–water partition coefficient (Wildman–Crippen LogP) is 6.13. The maximum atomic E-state index is 2.63. The summed E-state index contributed by atoms with van der Waals surface area (Å²) in [5.41, 5.74) is 2.92. The Labute approximate surface area is 133 Å². The fraction of sp³-hybridized carbons (Fsp3) is 0.700. The molecule has 0 aliphatic carbocycles. The Morgan fingerprint density at radius 1 is 1.14 bits per heavy atom. The van der Waals surface area contributed by atoms with Crippen LogP contribution in [0.3, 0.4) is 0 Å². The van der Waals surface area contributed by atoms with Gasteiger partial charge in [0.05, 0.1) is 0 Å². The van der Waals surface area contributed by atoms with Gasteiger partial charge in [-0.15, -0.1) is 0 Å². The first kappa shape index (κ1) is 20.2. The van der Waals surface area contributed by atoms with Crippen LogP contribution in [0.2, 0.25) is 0 Å². The summed E-state index contributed by atoms with van der Waals surface area (Å²) in [5, 5.41) is 0. The summed E-state index contributed by atoms with van der Waals surface area (Å²) in [7, 11) is 0. The van der Waals surface area contributed by atoms with Crippen molar-refractivity contribution >= 4 is 0 Å². The van der Waals surface area contributed by atoms with Crippen molar-refractivity contribution in [2.24, 2.45) is 0 Å². The van der Waals surface area contributed by atoms with E-state index in [0.717, 1.165) is 6.42 Å². The van der Waals surface area contributed by atoms with Crippen molar-refractivity contribution < 1.29 is 0 Å². The summed E-state index contributed by atoms with van der Waals surface area (Å²) in [6, 6.07) is 1.33. The second-order valence-electron chi connectivity index (χ2n) is 6.30. The van der Waals surface area contributed by atoms with E-state index in [4.69, 9.17) is 0 Å². The summed E-state index contributed by atoms with van der Waals surface area (Å²) in [6.45, 7) is 17.0. The second-order valence-corrected chi connectivity index (χ2v) is 6.30. The lowest BCUT2D eigenvalue weighted by atomic mass is 10.0. The minimum absolute atomic E-state index is 0.644. The molecular formula is C20H37N. The Bertz CT molecular complexity index is 347. The van der Waals surface area contributed by atoms with E-state index in [9.17, 15) is 0 Å². The molecule has 0 radical (unpaired) electrons. The lowest BCUT2D eigenvalue weighted by Gasteiger charge is -2.32. The zero-order valence-corrected chi connectivity index (χ0v) is 15.4. The molecule has 1 nitrogen and oxygen atoms in total. The third-order valence-corrected chi connectivity index (χ3v) is 4.15. The maximum Gasteiger partial charge on any atom is 0.00670 e. The Morgan fingerprint density at radius 2 is 1.81 bits per heavy atom. The van der Waals surface area contributed by atoms with Crippen molar-refractivity contribution in [1.82, 2.24) is 4.90 Å².